The van der Waals surface area contributed by atoms with Gasteiger partial charge in [-0.2, -0.15) is 0 Å². The highest BCUT2D eigenvalue weighted by Gasteiger charge is 2.34. The maximum atomic E-state index is 13.0. The molecule has 0 heterocycles. The van der Waals surface area contributed by atoms with E-state index in [1.54, 1.807) is 0 Å². The highest BCUT2D eigenvalue weighted by atomic mass is 16.1. The molecule has 3 heteroatoms. The maximum Gasteiger partial charge on any atom is 0.220 e. The van der Waals surface area contributed by atoms with Gasteiger partial charge in [0.2, 0.25) is 5.91 Å². The zero-order valence-corrected chi connectivity index (χ0v) is 18.6. The molecule has 27 heavy (non-hydrogen) atoms. The van der Waals surface area contributed by atoms with Crippen LogP contribution in [-0.2, 0) is 10.2 Å². The Morgan fingerprint density at radius 2 is 1.56 bits per heavy atom. The van der Waals surface area contributed by atoms with E-state index in [9.17, 15) is 4.79 Å². The van der Waals surface area contributed by atoms with Gasteiger partial charge in [0, 0.05) is 24.9 Å². The monoisotopic (exact) mass is 374 g/mol. The van der Waals surface area contributed by atoms with Crippen LogP contribution >= 0.6 is 0 Å². The van der Waals surface area contributed by atoms with Crippen LogP contribution in [0.3, 0.4) is 0 Å². The van der Waals surface area contributed by atoms with Crippen LogP contribution in [0.25, 0.3) is 0 Å². The number of carbonyl (C=O) groups is 1. The molecule has 0 atom stereocenters. The van der Waals surface area contributed by atoms with Crippen molar-refractivity contribution in [1.29, 1.82) is 0 Å². The summed E-state index contributed by atoms with van der Waals surface area (Å²) in [5, 5.41) is 3.24. The quantitative estimate of drug-likeness (QED) is 0.501. The van der Waals surface area contributed by atoms with E-state index in [1.165, 1.54) is 5.56 Å². The Kier molecular flexibility index (Phi) is 10.1. The fraction of sp³-hybridized carbons (Fsp3) is 0.708. The second-order valence-electron chi connectivity index (χ2n) is 9.21. The number of amides is 1. The van der Waals surface area contributed by atoms with Crippen molar-refractivity contribution < 1.29 is 4.79 Å². The molecule has 0 bridgehead atoms. The first-order valence-corrected chi connectivity index (χ1v) is 10.7. The minimum Gasteiger partial charge on any atom is -0.355 e. The Hall–Kier alpha value is -1.35. The predicted molar refractivity (Wildman–Crippen MR) is 117 cm³/mol. The minimum absolute atomic E-state index is 0.0386. The van der Waals surface area contributed by atoms with E-state index in [0.717, 1.165) is 51.6 Å². The van der Waals surface area contributed by atoms with Gasteiger partial charge in [-0.05, 0) is 37.9 Å². The molecule has 0 spiro atoms. The van der Waals surface area contributed by atoms with Crippen LogP contribution in [0.15, 0.2) is 30.3 Å². The SMILES string of the molecule is CCCCC(CCCC)(CC(=O)NCC(C)(C)CN(C)C)c1ccccc1. The fourth-order valence-corrected chi connectivity index (χ4v) is 4.13. The third-order valence-electron chi connectivity index (χ3n) is 5.41. The van der Waals surface area contributed by atoms with Crippen molar-refractivity contribution in [2.45, 2.75) is 78.1 Å². The summed E-state index contributed by atoms with van der Waals surface area (Å²) in [6.45, 7) is 10.6. The average Bonchev–Trinajstić information content (AvgIpc) is 2.62. The third kappa shape index (κ3) is 8.47. The van der Waals surface area contributed by atoms with E-state index in [4.69, 9.17) is 0 Å². The molecule has 0 saturated heterocycles. The van der Waals surface area contributed by atoms with Gasteiger partial charge in [-0.15, -0.1) is 0 Å². The van der Waals surface area contributed by atoms with Crippen LogP contribution < -0.4 is 5.32 Å². The Labute approximate surface area is 167 Å². The minimum atomic E-state index is -0.0386. The zero-order chi connectivity index (χ0) is 20.3. The lowest BCUT2D eigenvalue weighted by molar-refractivity contribution is -0.123. The van der Waals surface area contributed by atoms with Crippen LogP contribution in [0, 0.1) is 5.41 Å². The van der Waals surface area contributed by atoms with E-state index in [0.29, 0.717) is 6.42 Å². The van der Waals surface area contributed by atoms with Crippen LogP contribution in [0.1, 0.15) is 78.2 Å². The molecule has 1 N–H and O–H groups in total. The first-order valence-electron chi connectivity index (χ1n) is 10.7. The standard InChI is InChI=1S/C24H42N2O/c1-7-9-16-24(17-10-8-2,21-14-12-11-13-15-21)18-22(27)25-19-23(3,4)20-26(5)6/h11-15H,7-10,16-20H2,1-6H3,(H,25,27). The van der Waals surface area contributed by atoms with Gasteiger partial charge in [-0.3, -0.25) is 4.79 Å². The number of hydrogen-bond donors (Lipinski definition) is 1. The summed E-state index contributed by atoms with van der Waals surface area (Å²) in [6, 6.07) is 10.7. The van der Waals surface area contributed by atoms with Crippen LogP contribution in [0.2, 0.25) is 0 Å². The average molecular weight is 375 g/mol. The molecule has 1 aromatic rings. The largest absolute Gasteiger partial charge is 0.355 e. The van der Waals surface area contributed by atoms with Gasteiger partial charge in [0.15, 0.2) is 0 Å². The molecule has 0 unspecified atom stereocenters. The van der Waals surface area contributed by atoms with Crippen molar-refractivity contribution in [3.63, 3.8) is 0 Å². The van der Waals surface area contributed by atoms with E-state index >= 15 is 0 Å². The molecule has 154 valence electrons. The first kappa shape index (κ1) is 23.7. The molecule has 3 nitrogen and oxygen atoms in total. The summed E-state index contributed by atoms with van der Waals surface area (Å²) < 4.78 is 0. The molecule has 0 fully saturated rings. The number of benzene rings is 1. The van der Waals surface area contributed by atoms with Gasteiger partial charge < -0.3 is 10.2 Å². The molecule has 0 radical (unpaired) electrons. The van der Waals surface area contributed by atoms with Crippen LogP contribution in [0.5, 0.6) is 0 Å². The van der Waals surface area contributed by atoms with E-state index in [-0.39, 0.29) is 16.7 Å². The molecule has 1 aromatic carbocycles. The van der Waals surface area contributed by atoms with Crippen molar-refractivity contribution in [3.8, 4) is 0 Å². The Bertz CT molecular complexity index is 529. The zero-order valence-electron chi connectivity index (χ0n) is 18.6. The van der Waals surface area contributed by atoms with Gasteiger partial charge in [0.05, 0.1) is 0 Å². The fourth-order valence-electron chi connectivity index (χ4n) is 4.13. The number of carbonyl (C=O) groups excluding carboxylic acids is 1. The Balaban J connectivity index is 2.93. The van der Waals surface area contributed by atoms with Crippen molar-refractivity contribution in [2.75, 3.05) is 27.2 Å². The molecule has 1 rings (SSSR count). The van der Waals surface area contributed by atoms with Crippen molar-refractivity contribution >= 4 is 5.91 Å². The Morgan fingerprint density at radius 3 is 2.04 bits per heavy atom. The Morgan fingerprint density at radius 1 is 1.00 bits per heavy atom. The topological polar surface area (TPSA) is 32.3 Å². The summed E-state index contributed by atoms with van der Waals surface area (Å²) in [7, 11) is 4.17. The van der Waals surface area contributed by atoms with Gasteiger partial charge in [0.25, 0.3) is 0 Å². The highest BCUT2D eigenvalue weighted by Crippen LogP contribution is 2.38. The third-order valence-corrected chi connectivity index (χ3v) is 5.41. The molecule has 0 saturated carbocycles. The number of hydrogen-bond acceptors (Lipinski definition) is 2. The first-order chi connectivity index (χ1) is 12.7. The number of rotatable bonds is 13. The van der Waals surface area contributed by atoms with E-state index in [2.05, 4.69) is 82.3 Å². The molecule has 1 amide bonds. The van der Waals surface area contributed by atoms with Crippen molar-refractivity contribution in [1.82, 2.24) is 10.2 Å². The summed E-state index contributed by atoms with van der Waals surface area (Å²) >= 11 is 0. The van der Waals surface area contributed by atoms with Gasteiger partial charge in [-0.1, -0.05) is 83.7 Å². The van der Waals surface area contributed by atoms with Crippen LogP contribution in [0.4, 0.5) is 0 Å². The second-order valence-corrected chi connectivity index (χ2v) is 9.21. The molecule has 0 aliphatic rings. The number of nitrogens with one attached hydrogen (secondary N) is 1. The van der Waals surface area contributed by atoms with Crippen molar-refractivity contribution in [3.05, 3.63) is 35.9 Å². The normalized spacial score (nSPS) is 12.4. The molecular formula is C24H42N2O. The summed E-state index contributed by atoms with van der Waals surface area (Å²) in [5.74, 6) is 0.192. The summed E-state index contributed by atoms with van der Waals surface area (Å²) in [4.78, 5) is 15.1. The molecule has 0 aromatic heterocycles. The second kappa shape index (κ2) is 11.5. The smallest absolute Gasteiger partial charge is 0.220 e. The van der Waals surface area contributed by atoms with E-state index in [1.807, 2.05) is 0 Å². The lowest BCUT2D eigenvalue weighted by atomic mass is 9.70. The van der Waals surface area contributed by atoms with E-state index < -0.39 is 0 Å². The van der Waals surface area contributed by atoms with Gasteiger partial charge >= 0.3 is 0 Å². The maximum absolute atomic E-state index is 13.0. The number of nitrogens with zero attached hydrogens (tertiary/aromatic N) is 1. The summed E-state index contributed by atoms with van der Waals surface area (Å²) in [5.41, 5.74) is 1.36. The summed E-state index contributed by atoms with van der Waals surface area (Å²) in [6.07, 6.45) is 7.42. The lowest BCUT2D eigenvalue weighted by Crippen LogP contribution is -2.42. The molecule has 0 aliphatic heterocycles. The van der Waals surface area contributed by atoms with Gasteiger partial charge in [0.1, 0.15) is 0 Å². The van der Waals surface area contributed by atoms with Crippen LogP contribution in [-0.4, -0.2) is 38.0 Å². The molecule has 0 aliphatic carbocycles. The van der Waals surface area contributed by atoms with Gasteiger partial charge in [-0.25, -0.2) is 0 Å². The number of unbranched alkanes of at least 4 members (excludes halogenated alkanes) is 2. The van der Waals surface area contributed by atoms with Crippen molar-refractivity contribution in [2.24, 2.45) is 5.41 Å². The lowest BCUT2D eigenvalue weighted by Gasteiger charge is -2.35. The predicted octanol–water partition coefficient (Wildman–Crippen LogP) is 5.40. The highest BCUT2D eigenvalue weighted by molar-refractivity contribution is 5.77. The molecular weight excluding hydrogens is 332 g/mol.